The Balaban J connectivity index is 1.76. The van der Waals surface area contributed by atoms with Gasteiger partial charge < -0.3 is 14.5 Å². The van der Waals surface area contributed by atoms with E-state index in [1.54, 1.807) is 16.7 Å². The Morgan fingerprint density at radius 2 is 1.89 bits per heavy atom. The summed E-state index contributed by atoms with van der Waals surface area (Å²) >= 11 is 1.78. The van der Waals surface area contributed by atoms with Crippen LogP contribution in [0.4, 0.5) is 4.79 Å². The van der Waals surface area contributed by atoms with Crippen molar-refractivity contribution >= 4 is 23.8 Å². The maximum atomic E-state index is 12.0. The predicted molar refractivity (Wildman–Crippen MR) is 70.3 cm³/mol. The Morgan fingerprint density at radius 3 is 2.39 bits per heavy atom. The molecule has 0 saturated carbocycles. The fourth-order valence-corrected chi connectivity index (χ4v) is 2.91. The molecule has 5 nitrogen and oxygen atoms in total. The fourth-order valence-electron chi connectivity index (χ4n) is 1.96. The zero-order valence-electron chi connectivity index (χ0n) is 11.1. The number of amides is 2. The van der Waals surface area contributed by atoms with Crippen LogP contribution in [-0.4, -0.2) is 58.7 Å². The van der Waals surface area contributed by atoms with Crippen molar-refractivity contribution in [2.24, 2.45) is 5.92 Å². The van der Waals surface area contributed by atoms with Crippen molar-refractivity contribution in [3.05, 3.63) is 0 Å². The van der Waals surface area contributed by atoms with E-state index in [-0.39, 0.29) is 17.9 Å². The van der Waals surface area contributed by atoms with Gasteiger partial charge in [0.1, 0.15) is 5.60 Å². The van der Waals surface area contributed by atoms with Crippen LogP contribution in [0.1, 0.15) is 20.8 Å². The number of nitrogens with zero attached hydrogens (tertiary/aromatic N) is 2. The average molecular weight is 272 g/mol. The molecule has 18 heavy (non-hydrogen) atoms. The molecule has 2 fully saturated rings. The zero-order chi connectivity index (χ0) is 13.3. The molecule has 2 heterocycles. The molecular formula is C12H20N2O3S. The summed E-state index contributed by atoms with van der Waals surface area (Å²) in [7, 11) is 0. The molecular weight excluding hydrogens is 252 g/mol. The van der Waals surface area contributed by atoms with Gasteiger partial charge in [-0.2, -0.15) is 0 Å². The molecule has 0 spiro atoms. The quantitative estimate of drug-likeness (QED) is 0.724. The van der Waals surface area contributed by atoms with E-state index in [9.17, 15) is 9.59 Å². The maximum absolute atomic E-state index is 12.0. The first kappa shape index (κ1) is 13.5. The minimum Gasteiger partial charge on any atom is -0.444 e. The van der Waals surface area contributed by atoms with E-state index in [1.807, 2.05) is 25.7 Å². The lowest BCUT2D eigenvalue weighted by Gasteiger charge is -2.40. The van der Waals surface area contributed by atoms with Gasteiger partial charge in [-0.15, -0.1) is 11.8 Å². The minimum absolute atomic E-state index is 0.0313. The van der Waals surface area contributed by atoms with E-state index < -0.39 is 5.60 Å². The highest BCUT2D eigenvalue weighted by molar-refractivity contribution is 7.99. The van der Waals surface area contributed by atoms with Crippen LogP contribution in [0, 0.1) is 5.92 Å². The standard InChI is InChI=1S/C12H20N2O3S/c1-12(2,3)17-11(16)14-6-9(7-14)10(15)13-4-5-18-8-13/h9H,4-8H2,1-3H3. The number of hydrogen-bond donors (Lipinski definition) is 0. The van der Waals surface area contributed by atoms with Gasteiger partial charge in [0, 0.05) is 25.4 Å². The molecule has 102 valence electrons. The minimum atomic E-state index is -0.474. The third-order valence-electron chi connectivity index (χ3n) is 2.95. The lowest BCUT2D eigenvalue weighted by molar-refractivity contribution is -0.138. The van der Waals surface area contributed by atoms with Crippen molar-refractivity contribution in [1.82, 2.24) is 9.80 Å². The SMILES string of the molecule is CC(C)(C)OC(=O)N1CC(C(=O)N2CCSC2)C1. The van der Waals surface area contributed by atoms with Crippen LogP contribution in [0.25, 0.3) is 0 Å². The van der Waals surface area contributed by atoms with Gasteiger partial charge in [-0.25, -0.2) is 4.79 Å². The van der Waals surface area contributed by atoms with E-state index in [4.69, 9.17) is 4.74 Å². The lowest BCUT2D eigenvalue weighted by Crippen LogP contribution is -2.57. The van der Waals surface area contributed by atoms with E-state index in [0.29, 0.717) is 13.1 Å². The molecule has 0 bridgehead atoms. The van der Waals surface area contributed by atoms with Gasteiger partial charge in [0.05, 0.1) is 11.8 Å². The van der Waals surface area contributed by atoms with Crippen LogP contribution in [0.5, 0.6) is 0 Å². The molecule has 2 aliphatic rings. The molecule has 6 heteroatoms. The van der Waals surface area contributed by atoms with Crippen molar-refractivity contribution in [2.45, 2.75) is 26.4 Å². The smallest absolute Gasteiger partial charge is 0.410 e. The van der Waals surface area contributed by atoms with Crippen LogP contribution < -0.4 is 0 Å². The Hall–Kier alpha value is -0.910. The third-order valence-corrected chi connectivity index (χ3v) is 3.91. The predicted octanol–water partition coefficient (Wildman–Crippen LogP) is 1.39. The first-order chi connectivity index (χ1) is 8.37. The average Bonchev–Trinajstić information content (AvgIpc) is 2.63. The van der Waals surface area contributed by atoms with Crippen molar-refractivity contribution < 1.29 is 14.3 Å². The van der Waals surface area contributed by atoms with Gasteiger partial charge in [-0.3, -0.25) is 4.79 Å². The summed E-state index contributed by atoms with van der Waals surface area (Å²) in [6, 6.07) is 0. The fraction of sp³-hybridized carbons (Fsp3) is 0.833. The van der Waals surface area contributed by atoms with E-state index in [0.717, 1.165) is 18.2 Å². The van der Waals surface area contributed by atoms with E-state index >= 15 is 0 Å². The lowest BCUT2D eigenvalue weighted by atomic mass is 9.99. The number of carbonyl (C=O) groups is 2. The zero-order valence-corrected chi connectivity index (χ0v) is 12.0. The monoisotopic (exact) mass is 272 g/mol. The molecule has 0 radical (unpaired) electrons. The Kier molecular flexibility index (Phi) is 3.75. The second kappa shape index (κ2) is 4.99. The largest absolute Gasteiger partial charge is 0.444 e. The molecule has 2 aliphatic heterocycles. The molecule has 0 atom stereocenters. The Labute approximate surface area is 112 Å². The molecule has 0 aromatic rings. The second-order valence-corrected chi connectivity index (χ2v) is 6.80. The topological polar surface area (TPSA) is 49.9 Å². The first-order valence-corrected chi connectivity index (χ1v) is 7.37. The molecule has 0 unspecified atom stereocenters. The summed E-state index contributed by atoms with van der Waals surface area (Å²) in [5, 5.41) is 0. The second-order valence-electron chi connectivity index (χ2n) is 5.72. The van der Waals surface area contributed by atoms with Crippen molar-refractivity contribution in [3.8, 4) is 0 Å². The van der Waals surface area contributed by atoms with E-state index in [1.165, 1.54) is 0 Å². The normalized spacial score (nSPS) is 20.8. The van der Waals surface area contributed by atoms with Gasteiger partial charge >= 0.3 is 6.09 Å². The molecule has 2 saturated heterocycles. The highest BCUT2D eigenvalue weighted by Crippen LogP contribution is 2.24. The number of carbonyl (C=O) groups excluding carboxylic acids is 2. The highest BCUT2D eigenvalue weighted by atomic mass is 32.2. The number of likely N-dealkylation sites (tertiary alicyclic amines) is 1. The van der Waals surface area contributed by atoms with Crippen LogP contribution >= 0.6 is 11.8 Å². The van der Waals surface area contributed by atoms with Gasteiger partial charge in [-0.1, -0.05) is 0 Å². The number of thioether (sulfide) groups is 1. The van der Waals surface area contributed by atoms with Gasteiger partial charge in [0.25, 0.3) is 0 Å². The maximum Gasteiger partial charge on any atom is 0.410 e. The Bertz CT molecular complexity index is 342. The number of ether oxygens (including phenoxy) is 1. The molecule has 0 aliphatic carbocycles. The van der Waals surface area contributed by atoms with Crippen molar-refractivity contribution in [2.75, 3.05) is 31.3 Å². The molecule has 0 aromatic heterocycles. The van der Waals surface area contributed by atoms with Crippen molar-refractivity contribution in [1.29, 1.82) is 0 Å². The third kappa shape index (κ3) is 3.10. The van der Waals surface area contributed by atoms with Gasteiger partial charge in [0.2, 0.25) is 5.91 Å². The van der Waals surface area contributed by atoms with Crippen LogP contribution in [-0.2, 0) is 9.53 Å². The molecule has 0 aromatic carbocycles. The van der Waals surface area contributed by atoms with Crippen LogP contribution in [0.3, 0.4) is 0 Å². The number of rotatable bonds is 1. The van der Waals surface area contributed by atoms with Crippen molar-refractivity contribution in [3.63, 3.8) is 0 Å². The number of hydrogen-bond acceptors (Lipinski definition) is 4. The summed E-state index contributed by atoms with van der Waals surface area (Å²) in [4.78, 5) is 27.2. The first-order valence-electron chi connectivity index (χ1n) is 6.21. The van der Waals surface area contributed by atoms with Crippen LogP contribution in [0.15, 0.2) is 0 Å². The molecule has 0 N–H and O–H groups in total. The molecule has 2 amide bonds. The summed E-state index contributed by atoms with van der Waals surface area (Å²) in [6.45, 7) is 7.36. The summed E-state index contributed by atoms with van der Waals surface area (Å²) < 4.78 is 5.25. The highest BCUT2D eigenvalue weighted by Gasteiger charge is 2.40. The van der Waals surface area contributed by atoms with E-state index in [2.05, 4.69) is 0 Å². The van der Waals surface area contributed by atoms with Gasteiger partial charge in [-0.05, 0) is 20.8 Å². The summed E-state index contributed by atoms with van der Waals surface area (Å²) in [5.41, 5.74) is -0.474. The van der Waals surface area contributed by atoms with Gasteiger partial charge in [0.15, 0.2) is 0 Å². The Morgan fingerprint density at radius 1 is 1.22 bits per heavy atom. The summed E-state index contributed by atoms with van der Waals surface area (Å²) in [6.07, 6.45) is -0.317. The molecule has 2 rings (SSSR count). The van der Waals surface area contributed by atoms with Crippen LogP contribution in [0.2, 0.25) is 0 Å². The summed E-state index contributed by atoms with van der Waals surface area (Å²) in [5.74, 6) is 1.96.